The van der Waals surface area contributed by atoms with Gasteiger partial charge in [-0.05, 0) is 41.8 Å². The van der Waals surface area contributed by atoms with Crippen molar-refractivity contribution in [3.05, 3.63) is 70.4 Å². The number of aliphatic hydroxyl groups excluding tert-OH is 1. The van der Waals surface area contributed by atoms with E-state index in [1.54, 1.807) is 18.2 Å². The van der Waals surface area contributed by atoms with E-state index in [0.717, 1.165) is 11.2 Å². The van der Waals surface area contributed by atoms with E-state index in [9.17, 15) is 37.6 Å². The quantitative estimate of drug-likeness (QED) is 0.529. The van der Waals surface area contributed by atoms with E-state index >= 15 is 0 Å². The van der Waals surface area contributed by atoms with E-state index in [0.29, 0.717) is 16.9 Å². The van der Waals surface area contributed by atoms with E-state index in [4.69, 9.17) is 0 Å². The number of likely N-dealkylation sites (N-methyl/N-ethyl adjacent to an activating group) is 1. The molecule has 0 saturated heterocycles. The van der Waals surface area contributed by atoms with Crippen molar-refractivity contribution in [1.29, 1.82) is 5.26 Å². The van der Waals surface area contributed by atoms with Gasteiger partial charge in [-0.25, -0.2) is 17.6 Å². The van der Waals surface area contributed by atoms with Gasteiger partial charge in [0.05, 0.1) is 34.9 Å². The lowest BCUT2D eigenvalue weighted by Crippen LogP contribution is -2.53. The fourth-order valence-electron chi connectivity index (χ4n) is 4.93. The van der Waals surface area contributed by atoms with Crippen LogP contribution in [-0.2, 0) is 26.1 Å². The lowest BCUT2D eigenvalue weighted by molar-refractivity contribution is -0.131. The molecule has 0 bridgehead atoms. The van der Waals surface area contributed by atoms with Gasteiger partial charge in [0.2, 0.25) is 5.91 Å². The number of aliphatic hydroxyl groups is 1. The van der Waals surface area contributed by atoms with E-state index in [1.807, 2.05) is 6.07 Å². The number of benzene rings is 2. The summed E-state index contributed by atoms with van der Waals surface area (Å²) in [6.45, 7) is -1.64. The molecular weight excluding hydrogens is 527 g/mol. The van der Waals surface area contributed by atoms with Crippen LogP contribution in [0, 0.1) is 11.3 Å². The summed E-state index contributed by atoms with van der Waals surface area (Å²) >= 11 is 0. The van der Waals surface area contributed by atoms with E-state index < -0.39 is 41.0 Å². The van der Waals surface area contributed by atoms with Crippen LogP contribution in [0.4, 0.5) is 14.9 Å². The first-order valence-electron chi connectivity index (χ1n) is 12.1. The standard InChI is InChI=1S/C27H27FN4O6S/c1-30(10-11-33)24(35)16-31-26(20-7-6-18(15-29)13-23(20)39(2,37)38)25-21(8-9-22(25)34)32(27(31)36)19-5-3-4-17(12-19)14-28/h3-7,12-13,26,33H,8-11,14,16H2,1-2H3. The van der Waals surface area contributed by atoms with Crippen LogP contribution in [0.3, 0.4) is 0 Å². The predicted molar refractivity (Wildman–Crippen MR) is 139 cm³/mol. The SMILES string of the molecule is CN(CCO)C(=O)CN1C(=O)N(c2cccc(CF)c2)C2=C(C(=O)CC2)C1c1ccc(C#N)cc1S(C)(=O)=O. The highest BCUT2D eigenvalue weighted by atomic mass is 32.2. The molecule has 0 spiro atoms. The molecular formula is C27H27FN4O6S. The lowest BCUT2D eigenvalue weighted by atomic mass is 9.92. The maximum atomic E-state index is 14.1. The average Bonchev–Trinajstić information content (AvgIpc) is 3.28. The number of ketones is 1. The fourth-order valence-corrected chi connectivity index (χ4v) is 5.88. The number of hydrogen-bond acceptors (Lipinski definition) is 7. The van der Waals surface area contributed by atoms with Gasteiger partial charge in [-0.15, -0.1) is 0 Å². The van der Waals surface area contributed by atoms with Crippen molar-refractivity contribution in [3.63, 3.8) is 0 Å². The first-order chi connectivity index (χ1) is 18.5. The van der Waals surface area contributed by atoms with Crippen LogP contribution >= 0.6 is 0 Å². The van der Waals surface area contributed by atoms with Crippen LogP contribution in [0.1, 0.15) is 35.6 Å². The molecule has 1 atom stereocenters. The van der Waals surface area contributed by atoms with Crippen molar-refractivity contribution >= 4 is 33.2 Å². The highest BCUT2D eigenvalue weighted by Crippen LogP contribution is 2.46. The van der Waals surface area contributed by atoms with Crippen LogP contribution in [0.15, 0.2) is 58.6 Å². The van der Waals surface area contributed by atoms with Crippen LogP contribution in [0.2, 0.25) is 0 Å². The second kappa shape index (κ2) is 11.0. The van der Waals surface area contributed by atoms with Crippen LogP contribution in [0.25, 0.3) is 0 Å². The number of Topliss-reactive ketones (excluding diaryl/α,β-unsaturated/α-hetero) is 1. The molecule has 1 heterocycles. The third-order valence-corrected chi connectivity index (χ3v) is 7.97. The zero-order chi connectivity index (χ0) is 28.5. The largest absolute Gasteiger partial charge is 0.395 e. The minimum absolute atomic E-state index is 0.00781. The fraction of sp³-hybridized carbons (Fsp3) is 0.333. The Labute approximate surface area is 225 Å². The number of urea groups is 1. The van der Waals surface area contributed by atoms with Crippen LogP contribution in [0.5, 0.6) is 0 Å². The summed E-state index contributed by atoms with van der Waals surface area (Å²) in [6, 6.07) is 10.1. The number of hydrogen-bond donors (Lipinski definition) is 1. The molecule has 12 heteroatoms. The number of alkyl halides is 1. The highest BCUT2D eigenvalue weighted by Gasteiger charge is 2.47. The maximum Gasteiger partial charge on any atom is 0.330 e. The summed E-state index contributed by atoms with van der Waals surface area (Å²) < 4.78 is 39.2. The summed E-state index contributed by atoms with van der Waals surface area (Å²) in [6.07, 6.45) is 1.21. The molecule has 0 radical (unpaired) electrons. The predicted octanol–water partition coefficient (Wildman–Crippen LogP) is 2.48. The molecule has 0 fully saturated rings. The van der Waals surface area contributed by atoms with E-state index in [1.165, 1.54) is 41.1 Å². The Morgan fingerprint density at radius 1 is 1.21 bits per heavy atom. The van der Waals surface area contributed by atoms with Crippen LogP contribution in [-0.4, -0.2) is 74.0 Å². The molecule has 0 saturated carbocycles. The molecule has 0 aromatic heterocycles. The second-order valence-electron chi connectivity index (χ2n) is 9.41. The first kappa shape index (κ1) is 27.9. The van der Waals surface area contributed by atoms with Crippen molar-refractivity contribution in [2.24, 2.45) is 0 Å². The van der Waals surface area contributed by atoms with E-state index in [-0.39, 0.29) is 53.4 Å². The monoisotopic (exact) mass is 554 g/mol. The molecule has 10 nitrogen and oxygen atoms in total. The van der Waals surface area contributed by atoms with Crippen molar-refractivity contribution < 1.29 is 32.3 Å². The number of allylic oxidation sites excluding steroid dienone is 1. The van der Waals surface area contributed by atoms with Crippen molar-refractivity contribution in [3.8, 4) is 6.07 Å². The Bertz CT molecular complexity index is 1530. The third kappa shape index (κ3) is 5.28. The molecule has 1 unspecified atom stereocenters. The Morgan fingerprint density at radius 3 is 2.59 bits per heavy atom. The topological polar surface area (TPSA) is 139 Å². The molecule has 1 aliphatic heterocycles. The van der Waals surface area contributed by atoms with Gasteiger partial charge in [0, 0.05) is 37.5 Å². The van der Waals surface area contributed by atoms with Crippen molar-refractivity contribution in [2.75, 3.05) is 37.9 Å². The Balaban J connectivity index is 1.99. The summed E-state index contributed by atoms with van der Waals surface area (Å²) in [4.78, 5) is 44.0. The number of halogens is 1. The minimum Gasteiger partial charge on any atom is -0.395 e. The molecule has 1 N–H and O–H groups in total. The normalized spacial score (nSPS) is 17.4. The zero-order valence-corrected chi connectivity index (χ0v) is 22.2. The van der Waals surface area contributed by atoms with Gasteiger partial charge in [0.25, 0.3) is 0 Å². The molecule has 4 rings (SSSR count). The van der Waals surface area contributed by atoms with Gasteiger partial charge < -0.3 is 14.9 Å². The molecule has 1 aliphatic carbocycles. The van der Waals surface area contributed by atoms with Crippen LogP contribution < -0.4 is 4.90 Å². The summed E-state index contributed by atoms with van der Waals surface area (Å²) in [7, 11) is -2.49. The summed E-state index contributed by atoms with van der Waals surface area (Å²) in [5.41, 5.74) is 1.28. The number of nitriles is 1. The van der Waals surface area contributed by atoms with Gasteiger partial charge in [-0.3, -0.25) is 14.5 Å². The molecule has 2 aromatic rings. The Morgan fingerprint density at radius 2 is 1.95 bits per heavy atom. The Hall–Kier alpha value is -4.08. The van der Waals surface area contributed by atoms with Gasteiger partial charge in [-0.1, -0.05) is 18.2 Å². The lowest BCUT2D eigenvalue weighted by Gasteiger charge is -2.42. The van der Waals surface area contributed by atoms with E-state index in [2.05, 4.69) is 0 Å². The first-order valence-corrected chi connectivity index (χ1v) is 14.0. The number of sulfone groups is 1. The molecule has 3 amide bonds. The molecule has 2 aliphatic rings. The van der Waals surface area contributed by atoms with Crippen molar-refractivity contribution in [2.45, 2.75) is 30.5 Å². The van der Waals surface area contributed by atoms with Gasteiger partial charge in [-0.2, -0.15) is 5.26 Å². The summed E-state index contributed by atoms with van der Waals surface area (Å²) in [5, 5.41) is 18.7. The minimum atomic E-state index is -3.94. The number of nitrogens with zero attached hydrogens (tertiary/aromatic N) is 4. The Kier molecular flexibility index (Phi) is 7.85. The molecule has 204 valence electrons. The number of carbonyl (C=O) groups excluding carboxylic acids is 3. The molecule has 39 heavy (non-hydrogen) atoms. The smallest absolute Gasteiger partial charge is 0.330 e. The highest BCUT2D eigenvalue weighted by molar-refractivity contribution is 7.90. The zero-order valence-electron chi connectivity index (χ0n) is 21.4. The number of rotatable bonds is 8. The molecule has 2 aromatic carbocycles. The van der Waals surface area contributed by atoms with Gasteiger partial charge >= 0.3 is 6.03 Å². The summed E-state index contributed by atoms with van der Waals surface area (Å²) in [5.74, 6) is -0.872. The third-order valence-electron chi connectivity index (χ3n) is 6.82. The second-order valence-corrected chi connectivity index (χ2v) is 11.4. The maximum absolute atomic E-state index is 14.1. The number of carbonyl (C=O) groups is 3. The van der Waals surface area contributed by atoms with Gasteiger partial charge in [0.1, 0.15) is 13.2 Å². The van der Waals surface area contributed by atoms with Crippen molar-refractivity contribution in [1.82, 2.24) is 9.80 Å². The van der Waals surface area contributed by atoms with Gasteiger partial charge in [0.15, 0.2) is 15.6 Å². The number of anilines is 1. The average molecular weight is 555 g/mol. The number of amides is 3.